The summed E-state index contributed by atoms with van der Waals surface area (Å²) in [6.07, 6.45) is 6.66. The van der Waals surface area contributed by atoms with Crippen LogP contribution < -0.4 is 10.6 Å². The zero-order valence-electron chi connectivity index (χ0n) is 30.8. The zero-order valence-corrected chi connectivity index (χ0v) is 30.8. The van der Waals surface area contributed by atoms with Gasteiger partial charge in [0.05, 0.1) is 25.4 Å². The molecular weight excluding hydrogens is 673 g/mol. The Hall–Kier alpha value is -3.71. The van der Waals surface area contributed by atoms with E-state index < -0.39 is 36.4 Å². The number of rotatable bonds is 10. The summed E-state index contributed by atoms with van der Waals surface area (Å²) >= 11 is 0. The first-order valence-electron chi connectivity index (χ1n) is 18.9. The number of nitrogens with one attached hydrogen (secondary N) is 2. The van der Waals surface area contributed by atoms with E-state index in [1.807, 2.05) is 0 Å². The molecular formula is C39H54FN3O9. The SMILES string of the molecule is COC1CCC([C@@H]2CCN(C(=O)C3CCC([C@@H](CF)NC(=O)OC(C)(C)C)CC3)[C@H]2C(=O)Nc2ccc3oc(C(=O)OC4CCOC4)cc3c2)CC1. The molecule has 12 nitrogen and oxygen atoms in total. The van der Waals surface area contributed by atoms with Crippen LogP contribution >= 0.6 is 0 Å². The van der Waals surface area contributed by atoms with E-state index in [2.05, 4.69) is 10.6 Å². The van der Waals surface area contributed by atoms with Gasteiger partial charge in [0.1, 0.15) is 30.0 Å². The molecule has 1 aromatic carbocycles. The van der Waals surface area contributed by atoms with Crippen molar-refractivity contribution in [1.82, 2.24) is 10.2 Å². The molecule has 2 N–H and O–H groups in total. The molecule has 0 spiro atoms. The summed E-state index contributed by atoms with van der Waals surface area (Å²) in [7, 11) is 1.74. The van der Waals surface area contributed by atoms with Crippen molar-refractivity contribution in [3.8, 4) is 0 Å². The maximum absolute atomic E-state index is 14.3. The molecule has 13 heteroatoms. The fraction of sp³-hybridized carbons (Fsp3) is 0.692. The fourth-order valence-corrected chi connectivity index (χ4v) is 8.64. The molecule has 4 atom stereocenters. The molecule has 4 aliphatic rings. The first-order valence-corrected chi connectivity index (χ1v) is 18.9. The number of alkyl carbamates (subject to hydrolysis) is 1. The number of halogens is 1. The molecule has 2 aliphatic carbocycles. The average molecular weight is 728 g/mol. The van der Waals surface area contributed by atoms with Crippen LogP contribution in [0.25, 0.3) is 11.0 Å². The third-order valence-electron chi connectivity index (χ3n) is 11.4. The van der Waals surface area contributed by atoms with Crippen LogP contribution in [-0.4, -0.2) is 92.2 Å². The highest BCUT2D eigenvalue weighted by Gasteiger charge is 2.47. The molecule has 2 aromatic rings. The summed E-state index contributed by atoms with van der Waals surface area (Å²) in [4.78, 5) is 55.4. The minimum Gasteiger partial charge on any atom is -0.454 e. The number of ether oxygens (including phenoxy) is 4. The fourth-order valence-electron chi connectivity index (χ4n) is 8.64. The van der Waals surface area contributed by atoms with Gasteiger partial charge in [0, 0.05) is 37.1 Å². The third kappa shape index (κ3) is 9.07. The predicted octanol–water partition coefficient (Wildman–Crippen LogP) is 6.41. The van der Waals surface area contributed by atoms with Crippen molar-refractivity contribution >= 4 is 40.5 Å². The van der Waals surface area contributed by atoms with Gasteiger partial charge < -0.3 is 38.9 Å². The Morgan fingerprint density at radius 3 is 2.37 bits per heavy atom. The molecule has 3 amide bonds. The highest BCUT2D eigenvalue weighted by atomic mass is 19.1. The molecule has 2 saturated heterocycles. The number of carbonyl (C=O) groups excluding carboxylic acids is 4. The minimum absolute atomic E-state index is 0.00522. The van der Waals surface area contributed by atoms with E-state index in [0.717, 1.165) is 32.1 Å². The Labute approximate surface area is 304 Å². The molecule has 3 heterocycles. The minimum atomic E-state index is -0.713. The maximum Gasteiger partial charge on any atom is 0.407 e. The number of carbonyl (C=O) groups is 4. The smallest absolute Gasteiger partial charge is 0.407 e. The number of esters is 1. The molecule has 4 fully saturated rings. The Morgan fingerprint density at radius 1 is 0.962 bits per heavy atom. The maximum atomic E-state index is 14.3. The van der Waals surface area contributed by atoms with Crippen LogP contribution in [0, 0.1) is 23.7 Å². The Morgan fingerprint density at radius 2 is 1.71 bits per heavy atom. The first-order chi connectivity index (χ1) is 24.9. The Balaban J connectivity index is 1.13. The quantitative estimate of drug-likeness (QED) is 0.265. The molecule has 1 aromatic heterocycles. The van der Waals surface area contributed by atoms with Crippen LogP contribution in [-0.2, 0) is 28.5 Å². The molecule has 1 unspecified atom stereocenters. The van der Waals surface area contributed by atoms with Gasteiger partial charge in [0.25, 0.3) is 0 Å². The average Bonchev–Trinajstić information content (AvgIpc) is 3.90. The highest BCUT2D eigenvalue weighted by molar-refractivity contribution is 6.00. The number of nitrogens with zero attached hydrogens (tertiary/aromatic N) is 1. The Bertz CT molecular complexity index is 1570. The van der Waals surface area contributed by atoms with Crippen LogP contribution in [0.1, 0.15) is 95.5 Å². The van der Waals surface area contributed by atoms with Crippen LogP contribution in [0.4, 0.5) is 14.9 Å². The second-order valence-corrected chi connectivity index (χ2v) is 16.0. The predicted molar refractivity (Wildman–Crippen MR) is 190 cm³/mol. The van der Waals surface area contributed by atoms with Crippen LogP contribution in [0.2, 0.25) is 0 Å². The largest absolute Gasteiger partial charge is 0.454 e. The third-order valence-corrected chi connectivity index (χ3v) is 11.4. The van der Waals surface area contributed by atoms with Crippen molar-refractivity contribution in [1.29, 1.82) is 0 Å². The van der Waals surface area contributed by atoms with Gasteiger partial charge in [-0.1, -0.05) is 0 Å². The number of alkyl halides is 1. The number of likely N-dealkylation sites (tertiary alicyclic amines) is 1. The van der Waals surface area contributed by atoms with E-state index in [4.69, 9.17) is 23.4 Å². The lowest BCUT2D eigenvalue weighted by Crippen LogP contribution is -2.50. The van der Waals surface area contributed by atoms with E-state index >= 15 is 0 Å². The lowest BCUT2D eigenvalue weighted by Gasteiger charge is -2.38. The van der Waals surface area contributed by atoms with Gasteiger partial charge in [-0.15, -0.1) is 0 Å². The van der Waals surface area contributed by atoms with Gasteiger partial charge in [-0.05, 0) is 121 Å². The van der Waals surface area contributed by atoms with Gasteiger partial charge in [0.15, 0.2) is 0 Å². The molecule has 2 aliphatic heterocycles. The number of furan rings is 1. The van der Waals surface area contributed by atoms with Gasteiger partial charge in [-0.2, -0.15) is 0 Å². The standard InChI is InChI=1S/C39H54FN3O9/c1-39(2,3)52-38(47)42-31(21-40)24-5-7-25(8-6-24)36(45)43-17-15-30(23-9-12-28(48-4)13-10-23)34(43)35(44)41-27-11-14-32-26(19-27)20-33(51-32)37(46)50-29-16-18-49-22-29/h11,14,19-20,23-25,28-31,34H,5-10,12-13,15-18,21-22H2,1-4H3,(H,41,44)(H,42,47)/t23?,24?,25?,28?,29?,30-,31+,34+/m0/s1. The Kier molecular flexibility index (Phi) is 12.1. The number of fused-ring (bicyclic) bond motifs is 1. The zero-order chi connectivity index (χ0) is 37.0. The van der Waals surface area contributed by atoms with Crippen LogP contribution in [0.3, 0.4) is 0 Å². The van der Waals surface area contributed by atoms with E-state index in [-0.39, 0.29) is 53.5 Å². The van der Waals surface area contributed by atoms with Crippen molar-refractivity contribution in [2.75, 3.05) is 38.9 Å². The van der Waals surface area contributed by atoms with Gasteiger partial charge >= 0.3 is 12.1 Å². The van der Waals surface area contributed by atoms with Gasteiger partial charge in [0.2, 0.25) is 17.6 Å². The van der Waals surface area contributed by atoms with Crippen molar-refractivity contribution in [2.24, 2.45) is 23.7 Å². The topological polar surface area (TPSA) is 146 Å². The van der Waals surface area contributed by atoms with Gasteiger partial charge in [-0.3, -0.25) is 9.59 Å². The molecule has 0 bridgehead atoms. The summed E-state index contributed by atoms with van der Waals surface area (Å²) in [6.45, 7) is 5.99. The van der Waals surface area contributed by atoms with E-state index in [1.54, 1.807) is 57.0 Å². The summed E-state index contributed by atoms with van der Waals surface area (Å²) in [5.74, 6) is -0.853. The molecule has 6 rings (SSSR count). The van der Waals surface area contributed by atoms with Crippen molar-refractivity contribution in [2.45, 2.75) is 115 Å². The molecule has 52 heavy (non-hydrogen) atoms. The van der Waals surface area contributed by atoms with Gasteiger partial charge in [-0.25, -0.2) is 14.0 Å². The van der Waals surface area contributed by atoms with Crippen molar-refractivity contribution in [3.05, 3.63) is 30.0 Å². The van der Waals surface area contributed by atoms with E-state index in [0.29, 0.717) is 68.5 Å². The number of amides is 3. The summed E-state index contributed by atoms with van der Waals surface area (Å²) in [6, 6.07) is 5.50. The molecule has 2 saturated carbocycles. The number of methoxy groups -OCH3 is 1. The first kappa shape index (κ1) is 38.0. The van der Waals surface area contributed by atoms with E-state index in [1.165, 1.54) is 0 Å². The number of benzene rings is 1. The monoisotopic (exact) mass is 727 g/mol. The second kappa shape index (κ2) is 16.5. The molecule has 286 valence electrons. The lowest BCUT2D eigenvalue weighted by molar-refractivity contribution is -0.142. The van der Waals surface area contributed by atoms with Crippen LogP contribution in [0.5, 0.6) is 0 Å². The van der Waals surface area contributed by atoms with Crippen molar-refractivity contribution in [3.63, 3.8) is 0 Å². The second-order valence-electron chi connectivity index (χ2n) is 16.0. The van der Waals surface area contributed by atoms with Crippen LogP contribution in [0.15, 0.2) is 28.7 Å². The number of hydrogen-bond acceptors (Lipinski definition) is 9. The van der Waals surface area contributed by atoms with E-state index in [9.17, 15) is 23.6 Å². The highest BCUT2D eigenvalue weighted by Crippen LogP contribution is 2.42. The summed E-state index contributed by atoms with van der Waals surface area (Å²) in [5, 5.41) is 6.42. The lowest BCUT2D eigenvalue weighted by atomic mass is 9.75. The van der Waals surface area contributed by atoms with Crippen molar-refractivity contribution < 1.29 is 46.9 Å². The molecule has 0 radical (unpaired) electrons. The summed E-state index contributed by atoms with van der Waals surface area (Å²) < 4.78 is 41.6. The number of hydrogen-bond donors (Lipinski definition) is 2. The number of anilines is 1. The normalized spacial score (nSPS) is 28.7. The summed E-state index contributed by atoms with van der Waals surface area (Å²) in [5.41, 5.74) is 0.341.